The smallest absolute Gasteiger partial charge is 0.334 e. The topological polar surface area (TPSA) is 43.4 Å². The molecule has 1 heterocycles. The summed E-state index contributed by atoms with van der Waals surface area (Å²) in [6.45, 7) is 7.79. The summed E-state index contributed by atoms with van der Waals surface area (Å²) in [5.74, 6) is 0.386. The molecule has 1 saturated heterocycles. The number of hydrogen-bond donors (Lipinski definition) is 0. The average Bonchev–Trinajstić information content (AvgIpc) is 2.58. The highest BCUT2D eigenvalue weighted by atomic mass is 16.6. The Morgan fingerprint density at radius 2 is 2.11 bits per heavy atom. The lowest BCUT2D eigenvalue weighted by Crippen LogP contribution is -2.21. The van der Waals surface area contributed by atoms with Gasteiger partial charge in [-0.2, -0.15) is 0 Å². The molecule has 1 aliphatic carbocycles. The van der Waals surface area contributed by atoms with Crippen molar-refractivity contribution in [2.75, 3.05) is 0 Å². The molecular weight excluding hydrogens is 228 g/mol. The molecule has 0 radical (unpaired) electrons. The van der Waals surface area contributed by atoms with Crippen LogP contribution in [0.2, 0.25) is 0 Å². The van der Waals surface area contributed by atoms with Gasteiger partial charge in [-0.25, -0.2) is 4.79 Å². The Kier molecular flexibility index (Phi) is 3.69. The van der Waals surface area contributed by atoms with E-state index in [0.717, 1.165) is 18.4 Å². The minimum atomic E-state index is -0.270. The van der Waals surface area contributed by atoms with Gasteiger partial charge in [-0.3, -0.25) is 4.79 Å². The van der Waals surface area contributed by atoms with E-state index < -0.39 is 0 Å². The van der Waals surface area contributed by atoms with Crippen molar-refractivity contribution in [3.8, 4) is 0 Å². The van der Waals surface area contributed by atoms with Gasteiger partial charge >= 0.3 is 5.97 Å². The number of Topliss-reactive ketones (excluding diaryl/α,β-unsaturated/α-hetero) is 1. The van der Waals surface area contributed by atoms with Gasteiger partial charge in [0.15, 0.2) is 5.78 Å². The summed E-state index contributed by atoms with van der Waals surface area (Å²) in [6.07, 6.45) is 4.84. The van der Waals surface area contributed by atoms with Gasteiger partial charge in [0.2, 0.25) is 0 Å². The molecule has 0 bridgehead atoms. The van der Waals surface area contributed by atoms with Gasteiger partial charge in [0.05, 0.1) is 0 Å². The zero-order valence-corrected chi connectivity index (χ0v) is 11.1. The Labute approximate surface area is 108 Å². The SMILES string of the molecule is C=C1C(=O)O[C@@H]2C[C@H](C)CCC(=O)/C(C)=C/C[C@H]12. The van der Waals surface area contributed by atoms with Crippen molar-refractivity contribution in [1.82, 2.24) is 0 Å². The largest absolute Gasteiger partial charge is 0.458 e. The first kappa shape index (κ1) is 13.1. The summed E-state index contributed by atoms with van der Waals surface area (Å²) in [6, 6.07) is 0. The van der Waals surface area contributed by atoms with Gasteiger partial charge in [0.1, 0.15) is 6.10 Å². The lowest BCUT2D eigenvalue weighted by atomic mass is 9.84. The molecule has 0 N–H and O–H groups in total. The van der Waals surface area contributed by atoms with Crippen molar-refractivity contribution in [3.63, 3.8) is 0 Å². The van der Waals surface area contributed by atoms with Gasteiger partial charge < -0.3 is 4.74 Å². The van der Waals surface area contributed by atoms with Crippen molar-refractivity contribution >= 4 is 11.8 Å². The molecule has 1 aliphatic heterocycles. The monoisotopic (exact) mass is 248 g/mol. The normalized spacial score (nSPS) is 36.7. The van der Waals surface area contributed by atoms with E-state index in [0.29, 0.717) is 24.3 Å². The molecule has 18 heavy (non-hydrogen) atoms. The maximum atomic E-state index is 11.8. The van der Waals surface area contributed by atoms with Crippen LogP contribution in [0.15, 0.2) is 23.8 Å². The zero-order chi connectivity index (χ0) is 13.3. The fraction of sp³-hybridized carbons (Fsp3) is 0.600. The Hall–Kier alpha value is -1.38. The molecule has 2 rings (SSSR count). The number of fused-ring (bicyclic) bond motifs is 1. The van der Waals surface area contributed by atoms with E-state index in [1.165, 1.54) is 0 Å². The molecular formula is C15H20O3. The highest BCUT2D eigenvalue weighted by molar-refractivity contribution is 5.95. The summed E-state index contributed by atoms with van der Waals surface area (Å²) >= 11 is 0. The van der Waals surface area contributed by atoms with Crippen LogP contribution in [0.3, 0.4) is 0 Å². The summed E-state index contributed by atoms with van der Waals surface area (Å²) in [7, 11) is 0. The second-order valence-electron chi connectivity index (χ2n) is 5.50. The lowest BCUT2D eigenvalue weighted by Gasteiger charge is -2.21. The minimum absolute atomic E-state index is 0.0424. The van der Waals surface area contributed by atoms with E-state index in [1.807, 2.05) is 13.0 Å². The average molecular weight is 248 g/mol. The van der Waals surface area contributed by atoms with E-state index in [2.05, 4.69) is 13.5 Å². The van der Waals surface area contributed by atoms with Crippen molar-refractivity contribution in [3.05, 3.63) is 23.8 Å². The number of carbonyl (C=O) groups excluding carboxylic acids is 2. The maximum absolute atomic E-state index is 11.8. The third-order valence-electron chi connectivity index (χ3n) is 4.03. The van der Waals surface area contributed by atoms with Crippen LogP contribution in [-0.4, -0.2) is 17.9 Å². The van der Waals surface area contributed by atoms with Crippen LogP contribution in [0, 0.1) is 11.8 Å². The Bertz CT molecular complexity index is 419. The van der Waals surface area contributed by atoms with Crippen LogP contribution in [0.25, 0.3) is 0 Å². The van der Waals surface area contributed by atoms with E-state index in [1.54, 1.807) is 0 Å². The quantitative estimate of drug-likeness (QED) is 0.489. The van der Waals surface area contributed by atoms with Crippen molar-refractivity contribution in [2.24, 2.45) is 11.8 Å². The van der Waals surface area contributed by atoms with Gasteiger partial charge in [-0.1, -0.05) is 19.6 Å². The van der Waals surface area contributed by atoms with Crippen molar-refractivity contribution in [2.45, 2.75) is 45.6 Å². The van der Waals surface area contributed by atoms with E-state index in [4.69, 9.17) is 4.74 Å². The van der Waals surface area contributed by atoms with Crippen LogP contribution >= 0.6 is 0 Å². The minimum Gasteiger partial charge on any atom is -0.458 e. The standard InChI is InChI=1S/C15H20O3/c1-9-4-7-13(16)10(2)5-6-12-11(3)15(17)18-14(12)8-9/h5,9,12,14H,3-4,6-8H2,1-2H3/b10-5+/t9-,12-,14-/m1/s1. The first-order chi connectivity index (χ1) is 8.49. The Morgan fingerprint density at radius 1 is 1.39 bits per heavy atom. The summed E-state index contributed by atoms with van der Waals surface area (Å²) in [5, 5.41) is 0. The number of allylic oxidation sites excluding steroid dienone is 2. The fourth-order valence-corrected chi connectivity index (χ4v) is 2.68. The zero-order valence-electron chi connectivity index (χ0n) is 11.1. The first-order valence-electron chi connectivity index (χ1n) is 6.58. The molecule has 0 spiro atoms. The molecule has 0 aromatic rings. The number of rotatable bonds is 0. The van der Waals surface area contributed by atoms with Crippen LogP contribution in [-0.2, 0) is 14.3 Å². The highest BCUT2D eigenvalue weighted by Gasteiger charge is 2.38. The van der Waals surface area contributed by atoms with E-state index in [9.17, 15) is 9.59 Å². The maximum Gasteiger partial charge on any atom is 0.334 e. The summed E-state index contributed by atoms with van der Waals surface area (Å²) in [5.41, 5.74) is 1.36. The Balaban J connectivity index is 2.23. The molecule has 0 aromatic carbocycles. The Morgan fingerprint density at radius 3 is 2.83 bits per heavy atom. The van der Waals surface area contributed by atoms with Crippen LogP contribution in [0.1, 0.15) is 39.5 Å². The van der Waals surface area contributed by atoms with Gasteiger partial charge in [0, 0.05) is 17.9 Å². The molecule has 0 amide bonds. The van der Waals surface area contributed by atoms with Crippen molar-refractivity contribution < 1.29 is 14.3 Å². The number of carbonyl (C=O) groups is 2. The molecule has 3 heteroatoms. The van der Waals surface area contributed by atoms with Crippen LogP contribution in [0.5, 0.6) is 0 Å². The summed E-state index contributed by atoms with van der Waals surface area (Å²) < 4.78 is 5.39. The highest BCUT2D eigenvalue weighted by Crippen LogP contribution is 2.35. The first-order valence-corrected chi connectivity index (χ1v) is 6.58. The molecule has 0 aromatic heterocycles. The number of esters is 1. The summed E-state index contributed by atoms with van der Waals surface area (Å²) in [4.78, 5) is 23.4. The van der Waals surface area contributed by atoms with Crippen LogP contribution < -0.4 is 0 Å². The second-order valence-corrected chi connectivity index (χ2v) is 5.50. The molecule has 98 valence electrons. The molecule has 2 aliphatic rings. The predicted octanol–water partition coefficient (Wildman–Crippen LogP) is 2.81. The predicted molar refractivity (Wildman–Crippen MR) is 68.9 cm³/mol. The van der Waals surface area contributed by atoms with Gasteiger partial charge in [-0.05, 0) is 37.7 Å². The third-order valence-corrected chi connectivity index (χ3v) is 4.03. The van der Waals surface area contributed by atoms with Gasteiger partial charge in [-0.15, -0.1) is 0 Å². The number of ketones is 1. The fourth-order valence-electron chi connectivity index (χ4n) is 2.68. The number of ether oxygens (including phenoxy) is 1. The molecule has 1 fully saturated rings. The molecule has 3 atom stereocenters. The second kappa shape index (κ2) is 5.09. The van der Waals surface area contributed by atoms with E-state index in [-0.39, 0.29) is 23.8 Å². The third kappa shape index (κ3) is 2.55. The van der Waals surface area contributed by atoms with E-state index >= 15 is 0 Å². The lowest BCUT2D eigenvalue weighted by molar-refractivity contribution is -0.139. The molecule has 3 nitrogen and oxygen atoms in total. The number of hydrogen-bond acceptors (Lipinski definition) is 3. The van der Waals surface area contributed by atoms with Gasteiger partial charge in [0.25, 0.3) is 0 Å². The molecule has 0 unspecified atom stereocenters. The van der Waals surface area contributed by atoms with Crippen LogP contribution in [0.4, 0.5) is 0 Å². The molecule has 0 saturated carbocycles. The van der Waals surface area contributed by atoms with Crippen molar-refractivity contribution in [1.29, 1.82) is 0 Å².